The molecule has 1 saturated heterocycles. The van der Waals surface area contributed by atoms with Crippen LogP contribution in [-0.4, -0.2) is 51.5 Å². The normalized spacial score (nSPS) is 19.4. The molecule has 2 N–H and O–H groups in total. The van der Waals surface area contributed by atoms with Gasteiger partial charge in [0.15, 0.2) is 0 Å². The molecular formula is C14H27ClN2O3. The van der Waals surface area contributed by atoms with Crippen molar-refractivity contribution < 1.29 is 14.3 Å². The summed E-state index contributed by atoms with van der Waals surface area (Å²) >= 11 is 0. The zero-order valence-electron chi connectivity index (χ0n) is 12.1. The molecule has 0 aromatic rings. The lowest BCUT2D eigenvalue weighted by Gasteiger charge is -2.22. The molecule has 0 bridgehead atoms. The van der Waals surface area contributed by atoms with Crippen molar-refractivity contribution in [2.24, 2.45) is 5.92 Å². The number of halogens is 1. The Morgan fingerprint density at radius 2 is 1.95 bits per heavy atom. The monoisotopic (exact) mass is 306 g/mol. The molecule has 2 aliphatic rings. The van der Waals surface area contributed by atoms with Gasteiger partial charge in [0.2, 0.25) is 5.91 Å². The second-order valence-electron chi connectivity index (χ2n) is 5.46. The maximum absolute atomic E-state index is 11.5. The molecule has 6 heteroatoms. The minimum Gasteiger partial charge on any atom is -0.381 e. The number of hydrogen-bond donors (Lipinski definition) is 2. The van der Waals surface area contributed by atoms with Gasteiger partial charge in [-0.3, -0.25) is 4.79 Å². The fourth-order valence-electron chi connectivity index (χ4n) is 2.17. The Kier molecular flexibility index (Phi) is 9.18. The molecule has 2 rings (SSSR count). The molecular weight excluding hydrogens is 280 g/mol. The fraction of sp³-hybridized carbons (Fsp3) is 0.929. The smallest absolute Gasteiger partial charge is 0.233 e. The highest BCUT2D eigenvalue weighted by Crippen LogP contribution is 2.27. The predicted molar refractivity (Wildman–Crippen MR) is 80.3 cm³/mol. The first-order valence-electron chi connectivity index (χ1n) is 7.51. The molecule has 0 spiro atoms. The number of nitrogens with one attached hydrogen (secondary N) is 2. The summed E-state index contributed by atoms with van der Waals surface area (Å²) < 4.78 is 11.0. The number of carbonyl (C=O) groups is 1. The van der Waals surface area contributed by atoms with E-state index in [4.69, 9.17) is 9.47 Å². The van der Waals surface area contributed by atoms with E-state index in [1.807, 2.05) is 0 Å². The van der Waals surface area contributed by atoms with Gasteiger partial charge in [-0.15, -0.1) is 12.4 Å². The lowest BCUT2D eigenvalue weighted by molar-refractivity contribution is -0.120. The highest BCUT2D eigenvalue weighted by molar-refractivity contribution is 5.85. The van der Waals surface area contributed by atoms with E-state index in [9.17, 15) is 4.79 Å². The van der Waals surface area contributed by atoms with Crippen LogP contribution in [0.5, 0.6) is 0 Å². The molecule has 5 nitrogen and oxygen atoms in total. The van der Waals surface area contributed by atoms with Gasteiger partial charge in [0.05, 0.1) is 12.6 Å². The SMILES string of the molecule is Cl.O=C(CNCC1CC1)NCCCOC1CCOCC1. The molecule has 0 unspecified atom stereocenters. The zero-order chi connectivity index (χ0) is 13.3. The summed E-state index contributed by atoms with van der Waals surface area (Å²) in [5.74, 6) is 0.910. The summed E-state index contributed by atoms with van der Waals surface area (Å²) in [5, 5.41) is 6.09. The van der Waals surface area contributed by atoms with E-state index in [1.165, 1.54) is 12.8 Å². The van der Waals surface area contributed by atoms with Crippen LogP contribution in [0.4, 0.5) is 0 Å². The molecule has 1 heterocycles. The van der Waals surface area contributed by atoms with Gasteiger partial charge in [-0.05, 0) is 44.6 Å². The van der Waals surface area contributed by atoms with Crippen molar-refractivity contribution in [3.05, 3.63) is 0 Å². The van der Waals surface area contributed by atoms with E-state index in [-0.39, 0.29) is 18.3 Å². The third kappa shape index (κ3) is 8.04. The van der Waals surface area contributed by atoms with Crippen LogP contribution >= 0.6 is 12.4 Å². The number of carbonyl (C=O) groups excluding carboxylic acids is 1. The quantitative estimate of drug-likeness (QED) is 0.627. The van der Waals surface area contributed by atoms with Crippen molar-refractivity contribution in [3.63, 3.8) is 0 Å². The molecule has 0 aromatic carbocycles. The van der Waals surface area contributed by atoms with Crippen molar-refractivity contribution in [2.75, 3.05) is 39.5 Å². The van der Waals surface area contributed by atoms with E-state index in [0.717, 1.165) is 51.5 Å². The molecule has 118 valence electrons. The molecule has 1 amide bonds. The first kappa shape index (κ1) is 17.7. The van der Waals surface area contributed by atoms with Crippen LogP contribution in [0.25, 0.3) is 0 Å². The van der Waals surface area contributed by atoms with Crippen LogP contribution in [0.3, 0.4) is 0 Å². The van der Waals surface area contributed by atoms with Gasteiger partial charge < -0.3 is 20.1 Å². The molecule has 1 saturated carbocycles. The first-order chi connectivity index (χ1) is 9.34. The van der Waals surface area contributed by atoms with Gasteiger partial charge in [0.25, 0.3) is 0 Å². The van der Waals surface area contributed by atoms with Gasteiger partial charge in [-0.1, -0.05) is 0 Å². The Labute approximate surface area is 127 Å². The van der Waals surface area contributed by atoms with E-state index < -0.39 is 0 Å². The van der Waals surface area contributed by atoms with Crippen molar-refractivity contribution in [3.8, 4) is 0 Å². The van der Waals surface area contributed by atoms with E-state index >= 15 is 0 Å². The van der Waals surface area contributed by atoms with Crippen LogP contribution in [0, 0.1) is 5.92 Å². The summed E-state index contributed by atoms with van der Waals surface area (Å²) in [6.45, 7) is 4.48. The van der Waals surface area contributed by atoms with Crippen molar-refractivity contribution in [1.82, 2.24) is 10.6 Å². The van der Waals surface area contributed by atoms with E-state index in [0.29, 0.717) is 19.2 Å². The maximum Gasteiger partial charge on any atom is 0.233 e. The molecule has 1 aliphatic carbocycles. The number of rotatable bonds is 9. The van der Waals surface area contributed by atoms with Crippen LogP contribution in [0.1, 0.15) is 32.1 Å². The fourth-order valence-corrected chi connectivity index (χ4v) is 2.17. The standard InChI is InChI=1S/C14H26N2O3.ClH/c17-14(11-15-10-12-2-3-12)16-6-1-7-19-13-4-8-18-9-5-13;/h12-13,15H,1-11H2,(H,16,17);1H. The Morgan fingerprint density at radius 1 is 1.20 bits per heavy atom. The Bertz CT molecular complexity index is 269. The van der Waals surface area contributed by atoms with Crippen LogP contribution in [0.15, 0.2) is 0 Å². The Hall–Kier alpha value is -0.360. The summed E-state index contributed by atoms with van der Waals surface area (Å²) in [7, 11) is 0. The second-order valence-corrected chi connectivity index (χ2v) is 5.46. The van der Waals surface area contributed by atoms with Crippen molar-refractivity contribution in [1.29, 1.82) is 0 Å². The molecule has 0 radical (unpaired) electrons. The number of amides is 1. The average molecular weight is 307 g/mol. The summed E-state index contributed by atoms with van der Waals surface area (Å²) in [6.07, 6.45) is 5.86. The summed E-state index contributed by atoms with van der Waals surface area (Å²) in [4.78, 5) is 11.5. The predicted octanol–water partition coefficient (Wildman–Crippen LogP) is 1.11. The lowest BCUT2D eigenvalue weighted by Crippen LogP contribution is -2.35. The van der Waals surface area contributed by atoms with Crippen molar-refractivity contribution >= 4 is 18.3 Å². The first-order valence-corrected chi connectivity index (χ1v) is 7.51. The van der Waals surface area contributed by atoms with Crippen LogP contribution < -0.4 is 10.6 Å². The van der Waals surface area contributed by atoms with Gasteiger partial charge in [-0.25, -0.2) is 0 Å². The minimum atomic E-state index is 0. The molecule has 1 aliphatic heterocycles. The Morgan fingerprint density at radius 3 is 2.65 bits per heavy atom. The zero-order valence-corrected chi connectivity index (χ0v) is 12.9. The largest absolute Gasteiger partial charge is 0.381 e. The highest BCUT2D eigenvalue weighted by Gasteiger charge is 2.20. The number of hydrogen-bond acceptors (Lipinski definition) is 4. The third-order valence-corrected chi connectivity index (χ3v) is 3.58. The summed E-state index contributed by atoms with van der Waals surface area (Å²) in [5.41, 5.74) is 0. The van der Waals surface area contributed by atoms with Gasteiger partial charge in [-0.2, -0.15) is 0 Å². The highest BCUT2D eigenvalue weighted by atomic mass is 35.5. The van der Waals surface area contributed by atoms with E-state index in [2.05, 4.69) is 10.6 Å². The van der Waals surface area contributed by atoms with E-state index in [1.54, 1.807) is 0 Å². The lowest BCUT2D eigenvalue weighted by atomic mass is 10.1. The molecule has 20 heavy (non-hydrogen) atoms. The summed E-state index contributed by atoms with van der Waals surface area (Å²) in [6, 6.07) is 0. The average Bonchev–Trinajstić information content (AvgIpc) is 3.24. The minimum absolute atomic E-state index is 0. The van der Waals surface area contributed by atoms with Crippen LogP contribution in [0.2, 0.25) is 0 Å². The van der Waals surface area contributed by atoms with Crippen molar-refractivity contribution in [2.45, 2.75) is 38.2 Å². The third-order valence-electron chi connectivity index (χ3n) is 3.58. The van der Waals surface area contributed by atoms with Crippen LogP contribution in [-0.2, 0) is 14.3 Å². The topological polar surface area (TPSA) is 59.6 Å². The van der Waals surface area contributed by atoms with Gasteiger partial charge in [0.1, 0.15) is 0 Å². The Balaban J connectivity index is 0.00000200. The molecule has 2 fully saturated rings. The number of ether oxygens (including phenoxy) is 2. The molecule has 0 aromatic heterocycles. The molecule has 0 atom stereocenters. The van der Waals surface area contributed by atoms with Gasteiger partial charge in [0, 0.05) is 26.4 Å². The van der Waals surface area contributed by atoms with Gasteiger partial charge >= 0.3 is 0 Å². The maximum atomic E-state index is 11.5. The second kappa shape index (κ2) is 10.4.